The van der Waals surface area contributed by atoms with Crippen molar-refractivity contribution in [2.75, 3.05) is 13.1 Å². The number of aromatic nitrogens is 1. The lowest BCUT2D eigenvalue weighted by atomic mass is 9.92. The van der Waals surface area contributed by atoms with Crippen LogP contribution in [0.1, 0.15) is 22.3 Å². The molecule has 0 amide bonds. The van der Waals surface area contributed by atoms with Gasteiger partial charge < -0.3 is 10.4 Å². The summed E-state index contributed by atoms with van der Waals surface area (Å²) in [6.07, 6.45) is 5.43. The minimum Gasteiger partial charge on any atom is -0.478 e. The van der Waals surface area contributed by atoms with Crippen LogP contribution < -0.4 is 5.32 Å². The fourth-order valence-corrected chi connectivity index (χ4v) is 2.64. The number of carboxylic acid groups (broad SMARTS) is 1. The van der Waals surface area contributed by atoms with E-state index in [0.717, 1.165) is 25.1 Å². The van der Waals surface area contributed by atoms with Crippen molar-refractivity contribution in [1.82, 2.24) is 10.3 Å². The zero-order chi connectivity index (χ0) is 10.5. The average molecular weight is 203 g/mol. The van der Waals surface area contributed by atoms with Crippen LogP contribution in [0.4, 0.5) is 0 Å². The second kappa shape index (κ2) is 2.79. The summed E-state index contributed by atoms with van der Waals surface area (Å²) >= 11 is 0. The van der Waals surface area contributed by atoms with E-state index in [2.05, 4.69) is 16.5 Å². The van der Waals surface area contributed by atoms with Crippen LogP contribution in [0.15, 0.2) is 12.3 Å². The summed E-state index contributed by atoms with van der Waals surface area (Å²) < 4.78 is 0. The van der Waals surface area contributed by atoms with Crippen molar-refractivity contribution in [2.24, 2.45) is 5.92 Å². The first-order valence-corrected chi connectivity index (χ1v) is 5.05. The molecule has 2 atom stereocenters. The number of hydrogen-bond acceptors (Lipinski definition) is 3. The minimum atomic E-state index is -0.879. The number of pyridine rings is 1. The number of carbonyl (C=O) groups is 1. The lowest BCUT2D eigenvalue weighted by molar-refractivity contribution is 0.0694. The van der Waals surface area contributed by atoms with Gasteiger partial charge >= 0.3 is 5.97 Å². The van der Waals surface area contributed by atoms with E-state index in [9.17, 15) is 4.79 Å². The summed E-state index contributed by atoms with van der Waals surface area (Å²) in [5, 5.41) is 12.4. The molecule has 3 rings (SSSR count). The van der Waals surface area contributed by atoms with Crippen molar-refractivity contribution in [3.8, 4) is 0 Å². The van der Waals surface area contributed by atoms with Crippen LogP contribution in [0, 0.1) is 12.1 Å². The highest BCUT2D eigenvalue weighted by molar-refractivity contribution is 5.89. The molecule has 2 fully saturated rings. The molecule has 1 aromatic heterocycles. The molecular formula is C11H11N2O2. The lowest BCUT2D eigenvalue weighted by Crippen LogP contribution is -2.22. The Morgan fingerprint density at radius 1 is 1.73 bits per heavy atom. The summed E-state index contributed by atoms with van der Waals surface area (Å²) in [6.45, 7) is 1.85. The van der Waals surface area contributed by atoms with E-state index in [0.29, 0.717) is 11.5 Å². The zero-order valence-electron chi connectivity index (χ0n) is 8.16. The standard InChI is InChI=1S/C11H11N2O2/c14-10(15)8-1-2-12-5-9(8)11-3-7(11)4-13-6-11/h1-2,7,13H,3-4,6H2,(H,14,15). The van der Waals surface area contributed by atoms with Crippen molar-refractivity contribution in [2.45, 2.75) is 11.8 Å². The van der Waals surface area contributed by atoms with E-state index in [4.69, 9.17) is 5.11 Å². The molecule has 1 radical (unpaired) electrons. The van der Waals surface area contributed by atoms with Gasteiger partial charge in [-0.25, -0.2) is 4.79 Å². The third kappa shape index (κ3) is 1.11. The second-order valence-corrected chi connectivity index (χ2v) is 4.34. The van der Waals surface area contributed by atoms with Gasteiger partial charge in [0.25, 0.3) is 0 Å². The molecule has 0 aromatic carbocycles. The molecule has 1 saturated carbocycles. The second-order valence-electron chi connectivity index (χ2n) is 4.34. The molecule has 2 unspecified atom stereocenters. The van der Waals surface area contributed by atoms with Gasteiger partial charge in [-0.05, 0) is 24.9 Å². The Labute approximate surface area is 87.3 Å². The van der Waals surface area contributed by atoms with Gasteiger partial charge in [-0.2, -0.15) is 0 Å². The van der Waals surface area contributed by atoms with Crippen molar-refractivity contribution >= 4 is 5.97 Å². The molecule has 77 valence electrons. The van der Waals surface area contributed by atoms with Crippen LogP contribution >= 0.6 is 0 Å². The van der Waals surface area contributed by atoms with Crippen LogP contribution in [-0.4, -0.2) is 29.1 Å². The maximum Gasteiger partial charge on any atom is 0.336 e. The molecule has 1 aromatic rings. The maximum absolute atomic E-state index is 11.1. The SMILES string of the molecule is O=C(O)c1ccn[c]c1C12CNCC1C2. The number of aromatic carboxylic acids is 1. The highest BCUT2D eigenvalue weighted by Gasteiger charge is 2.59. The molecule has 1 saturated heterocycles. The van der Waals surface area contributed by atoms with Crippen LogP contribution in [0.3, 0.4) is 0 Å². The number of carboxylic acids is 1. The Bertz CT molecular complexity index is 432. The van der Waals surface area contributed by atoms with Crippen molar-refractivity contribution < 1.29 is 9.90 Å². The summed E-state index contributed by atoms with van der Waals surface area (Å²) in [5.41, 5.74) is 1.16. The van der Waals surface area contributed by atoms with Crippen molar-refractivity contribution in [3.05, 3.63) is 29.6 Å². The molecule has 2 aliphatic rings. The number of hydrogen-bond donors (Lipinski definition) is 2. The first kappa shape index (κ1) is 8.85. The normalized spacial score (nSPS) is 32.4. The number of rotatable bonds is 2. The van der Waals surface area contributed by atoms with Crippen LogP contribution in [0.2, 0.25) is 0 Å². The Morgan fingerprint density at radius 3 is 3.20 bits per heavy atom. The topological polar surface area (TPSA) is 62.2 Å². The largest absolute Gasteiger partial charge is 0.478 e. The first-order chi connectivity index (χ1) is 7.24. The van der Waals surface area contributed by atoms with E-state index < -0.39 is 5.97 Å². The smallest absolute Gasteiger partial charge is 0.336 e. The number of fused-ring (bicyclic) bond motifs is 1. The van der Waals surface area contributed by atoms with Gasteiger partial charge in [-0.15, -0.1) is 0 Å². The molecule has 0 bridgehead atoms. The van der Waals surface area contributed by atoms with Gasteiger partial charge in [-0.1, -0.05) is 0 Å². The highest BCUT2D eigenvalue weighted by Crippen LogP contribution is 2.56. The van der Waals surface area contributed by atoms with E-state index >= 15 is 0 Å². The quantitative estimate of drug-likeness (QED) is 0.732. The summed E-state index contributed by atoms with van der Waals surface area (Å²) in [7, 11) is 0. The fourth-order valence-electron chi connectivity index (χ4n) is 2.64. The first-order valence-electron chi connectivity index (χ1n) is 5.05. The Morgan fingerprint density at radius 2 is 2.60 bits per heavy atom. The Hall–Kier alpha value is -1.42. The van der Waals surface area contributed by atoms with E-state index in [1.54, 1.807) is 6.07 Å². The molecule has 2 heterocycles. The van der Waals surface area contributed by atoms with E-state index in [-0.39, 0.29) is 5.41 Å². The third-order valence-electron chi connectivity index (χ3n) is 3.55. The molecule has 15 heavy (non-hydrogen) atoms. The zero-order valence-corrected chi connectivity index (χ0v) is 8.16. The summed E-state index contributed by atoms with van der Waals surface area (Å²) in [6, 6.07) is 1.57. The highest BCUT2D eigenvalue weighted by atomic mass is 16.4. The molecule has 4 nitrogen and oxygen atoms in total. The van der Waals surface area contributed by atoms with Gasteiger partial charge in [0.1, 0.15) is 0 Å². The van der Waals surface area contributed by atoms with Gasteiger partial charge in [0.05, 0.1) is 11.8 Å². The van der Waals surface area contributed by atoms with Gasteiger partial charge in [0.15, 0.2) is 0 Å². The molecule has 2 N–H and O–H groups in total. The van der Waals surface area contributed by atoms with E-state index in [1.165, 1.54) is 6.20 Å². The van der Waals surface area contributed by atoms with Crippen molar-refractivity contribution in [3.63, 3.8) is 0 Å². The van der Waals surface area contributed by atoms with Gasteiger partial charge in [0, 0.05) is 23.7 Å². The maximum atomic E-state index is 11.1. The van der Waals surface area contributed by atoms with Crippen LogP contribution in [0.25, 0.3) is 0 Å². The number of piperidine rings is 1. The summed E-state index contributed by atoms with van der Waals surface area (Å²) in [5.74, 6) is -0.299. The van der Waals surface area contributed by atoms with Crippen molar-refractivity contribution in [1.29, 1.82) is 0 Å². The van der Waals surface area contributed by atoms with E-state index in [1.807, 2.05) is 0 Å². The Balaban J connectivity index is 2.08. The average Bonchev–Trinajstić information content (AvgIpc) is 2.82. The number of nitrogens with zero attached hydrogens (tertiary/aromatic N) is 1. The molecular weight excluding hydrogens is 192 g/mol. The lowest BCUT2D eigenvalue weighted by Gasteiger charge is -2.13. The predicted octanol–water partition coefficient (Wildman–Crippen LogP) is 0.441. The van der Waals surface area contributed by atoms with Crippen LogP contribution in [-0.2, 0) is 5.41 Å². The molecule has 0 spiro atoms. The molecule has 1 aliphatic carbocycles. The van der Waals surface area contributed by atoms with Gasteiger partial charge in [-0.3, -0.25) is 4.98 Å². The van der Waals surface area contributed by atoms with Gasteiger partial charge in [0.2, 0.25) is 0 Å². The molecule has 1 aliphatic heterocycles. The third-order valence-corrected chi connectivity index (χ3v) is 3.55. The summed E-state index contributed by atoms with van der Waals surface area (Å²) in [4.78, 5) is 15.0. The predicted molar refractivity (Wildman–Crippen MR) is 52.7 cm³/mol. The Kier molecular flexibility index (Phi) is 1.65. The monoisotopic (exact) mass is 203 g/mol. The minimum absolute atomic E-state index is 0.0159. The van der Waals surface area contributed by atoms with Crippen LogP contribution in [0.5, 0.6) is 0 Å². The fraction of sp³-hybridized carbons (Fsp3) is 0.455. The number of nitrogens with one attached hydrogen (secondary N) is 1. The molecule has 4 heteroatoms.